The number of halogens is 1. The van der Waals surface area contributed by atoms with Gasteiger partial charge in [0.2, 0.25) is 0 Å². The molecule has 0 amide bonds. The summed E-state index contributed by atoms with van der Waals surface area (Å²) < 4.78 is 20.1. The Kier molecular flexibility index (Phi) is 4.32. The van der Waals surface area contributed by atoms with Crippen LogP contribution in [-0.4, -0.2) is 31.3 Å². The second-order valence-electron chi connectivity index (χ2n) is 4.84. The number of amidine groups is 1. The first-order valence-electron chi connectivity index (χ1n) is 6.90. The third kappa shape index (κ3) is 3.29. The van der Waals surface area contributed by atoms with Crippen LogP contribution in [0.4, 0.5) is 4.39 Å². The fourth-order valence-electron chi connectivity index (χ4n) is 2.05. The van der Waals surface area contributed by atoms with Crippen LogP contribution >= 0.6 is 0 Å². The van der Waals surface area contributed by atoms with Crippen LogP contribution in [0.2, 0.25) is 0 Å². The second-order valence-corrected chi connectivity index (χ2v) is 4.84. The lowest BCUT2D eigenvalue weighted by atomic mass is 10.1. The zero-order valence-electron chi connectivity index (χ0n) is 12.4. The fraction of sp³-hybridized carbons (Fsp3) is 0.0667. The van der Waals surface area contributed by atoms with Crippen LogP contribution < -0.4 is 10.5 Å². The molecule has 1 aromatic heterocycles. The lowest BCUT2D eigenvalue weighted by Gasteiger charge is -2.12. The first-order chi connectivity index (χ1) is 11.7. The Labute approximate surface area is 136 Å². The van der Waals surface area contributed by atoms with Crippen LogP contribution in [0.25, 0.3) is 5.69 Å². The molecule has 0 atom stereocenters. The molecule has 0 spiro atoms. The van der Waals surface area contributed by atoms with Crippen LogP contribution in [0.3, 0.4) is 0 Å². The van der Waals surface area contributed by atoms with E-state index in [0.29, 0.717) is 17.0 Å². The summed E-state index contributed by atoms with van der Waals surface area (Å²) in [5.41, 5.74) is 7.42. The molecule has 0 fully saturated rings. The molecule has 9 heteroatoms. The van der Waals surface area contributed by atoms with Gasteiger partial charge in [-0.25, -0.2) is 4.39 Å². The zero-order chi connectivity index (χ0) is 16.9. The monoisotopic (exact) mass is 328 g/mol. The maximum absolute atomic E-state index is 12.9. The molecule has 8 nitrogen and oxygen atoms in total. The lowest BCUT2D eigenvalue weighted by Crippen LogP contribution is -2.14. The number of nitrogens with zero attached hydrogens (tertiary/aromatic N) is 5. The SMILES string of the molecule is NC(=NO)c1ccc(OCc2ccc(F)cc2)c(-n2cnnn2)c1. The van der Waals surface area contributed by atoms with Gasteiger partial charge in [-0.05, 0) is 46.3 Å². The summed E-state index contributed by atoms with van der Waals surface area (Å²) >= 11 is 0. The first-order valence-corrected chi connectivity index (χ1v) is 6.90. The van der Waals surface area contributed by atoms with Crippen molar-refractivity contribution in [1.29, 1.82) is 0 Å². The number of aromatic nitrogens is 4. The summed E-state index contributed by atoms with van der Waals surface area (Å²) in [6, 6.07) is 10.9. The van der Waals surface area contributed by atoms with Gasteiger partial charge in [0.1, 0.15) is 30.2 Å². The van der Waals surface area contributed by atoms with Gasteiger partial charge < -0.3 is 15.7 Å². The van der Waals surface area contributed by atoms with Gasteiger partial charge in [-0.15, -0.1) is 5.10 Å². The first kappa shape index (κ1) is 15.4. The van der Waals surface area contributed by atoms with Crippen molar-refractivity contribution in [1.82, 2.24) is 20.2 Å². The Balaban J connectivity index is 1.90. The van der Waals surface area contributed by atoms with Crippen LogP contribution in [-0.2, 0) is 6.61 Å². The number of benzene rings is 2. The molecular weight excluding hydrogens is 315 g/mol. The Morgan fingerprint density at radius 1 is 1.25 bits per heavy atom. The number of oxime groups is 1. The van der Waals surface area contributed by atoms with E-state index in [2.05, 4.69) is 20.7 Å². The maximum Gasteiger partial charge on any atom is 0.170 e. The van der Waals surface area contributed by atoms with E-state index in [1.165, 1.54) is 23.1 Å². The van der Waals surface area contributed by atoms with E-state index in [1.807, 2.05) is 0 Å². The smallest absolute Gasteiger partial charge is 0.170 e. The lowest BCUT2D eigenvalue weighted by molar-refractivity contribution is 0.304. The highest BCUT2D eigenvalue weighted by Gasteiger charge is 2.11. The molecule has 0 bridgehead atoms. The molecule has 3 aromatic rings. The summed E-state index contributed by atoms with van der Waals surface area (Å²) in [5.74, 6) is 0.131. The van der Waals surface area contributed by atoms with Crippen molar-refractivity contribution in [2.75, 3.05) is 0 Å². The van der Waals surface area contributed by atoms with E-state index in [-0.39, 0.29) is 18.3 Å². The number of ether oxygens (including phenoxy) is 1. The minimum absolute atomic E-state index is 0.0468. The van der Waals surface area contributed by atoms with Gasteiger partial charge >= 0.3 is 0 Å². The molecule has 0 aliphatic carbocycles. The van der Waals surface area contributed by atoms with Gasteiger partial charge in [-0.2, -0.15) is 4.68 Å². The average molecular weight is 328 g/mol. The Hall–Kier alpha value is -3.49. The maximum atomic E-state index is 12.9. The van der Waals surface area contributed by atoms with Crippen molar-refractivity contribution in [3.05, 3.63) is 65.7 Å². The minimum atomic E-state index is -0.309. The number of tetrazole rings is 1. The highest BCUT2D eigenvalue weighted by Crippen LogP contribution is 2.24. The highest BCUT2D eigenvalue weighted by molar-refractivity contribution is 5.97. The number of nitrogens with two attached hydrogens (primary N) is 1. The number of rotatable bonds is 5. The fourth-order valence-corrected chi connectivity index (χ4v) is 2.05. The third-order valence-electron chi connectivity index (χ3n) is 3.27. The molecule has 2 aromatic carbocycles. The standard InChI is InChI=1S/C15H13FN6O2/c16-12-4-1-10(2-5-12)8-24-14-6-3-11(15(17)19-23)7-13(14)22-9-18-20-21-22/h1-7,9,23H,8H2,(H2,17,19). The van der Waals surface area contributed by atoms with Gasteiger partial charge in [0, 0.05) is 5.56 Å². The average Bonchev–Trinajstić information content (AvgIpc) is 3.15. The van der Waals surface area contributed by atoms with Crippen LogP contribution in [0.15, 0.2) is 53.9 Å². The second kappa shape index (κ2) is 6.73. The van der Waals surface area contributed by atoms with Crippen LogP contribution in [0.5, 0.6) is 5.75 Å². The minimum Gasteiger partial charge on any atom is -0.487 e. The predicted octanol–water partition coefficient (Wildman–Crippen LogP) is 1.47. The van der Waals surface area contributed by atoms with E-state index < -0.39 is 0 Å². The van der Waals surface area contributed by atoms with Gasteiger partial charge in [0.15, 0.2) is 5.84 Å². The molecule has 3 rings (SSSR count). The van der Waals surface area contributed by atoms with E-state index in [9.17, 15) is 4.39 Å². The van der Waals surface area contributed by atoms with E-state index in [4.69, 9.17) is 15.7 Å². The molecule has 0 aliphatic rings. The highest BCUT2D eigenvalue weighted by atomic mass is 19.1. The van der Waals surface area contributed by atoms with E-state index in [1.54, 1.807) is 30.3 Å². The molecule has 0 saturated heterocycles. The van der Waals surface area contributed by atoms with E-state index in [0.717, 1.165) is 5.56 Å². The molecular formula is C15H13FN6O2. The molecule has 0 saturated carbocycles. The van der Waals surface area contributed by atoms with Crippen molar-refractivity contribution < 1.29 is 14.3 Å². The van der Waals surface area contributed by atoms with Crippen molar-refractivity contribution >= 4 is 5.84 Å². The van der Waals surface area contributed by atoms with Crippen molar-refractivity contribution in [3.8, 4) is 11.4 Å². The van der Waals surface area contributed by atoms with Crippen LogP contribution in [0, 0.1) is 5.82 Å². The third-order valence-corrected chi connectivity index (χ3v) is 3.27. The topological polar surface area (TPSA) is 111 Å². The summed E-state index contributed by atoms with van der Waals surface area (Å²) in [6.45, 7) is 0.234. The number of hydrogen-bond acceptors (Lipinski definition) is 6. The molecule has 1 heterocycles. The van der Waals surface area contributed by atoms with Crippen LogP contribution in [0.1, 0.15) is 11.1 Å². The molecule has 122 valence electrons. The zero-order valence-corrected chi connectivity index (χ0v) is 12.4. The largest absolute Gasteiger partial charge is 0.487 e. The van der Waals surface area contributed by atoms with Gasteiger partial charge in [0.25, 0.3) is 0 Å². The van der Waals surface area contributed by atoms with Crippen molar-refractivity contribution in [3.63, 3.8) is 0 Å². The molecule has 0 radical (unpaired) electrons. The van der Waals surface area contributed by atoms with Gasteiger partial charge in [-0.3, -0.25) is 0 Å². The molecule has 24 heavy (non-hydrogen) atoms. The predicted molar refractivity (Wildman–Crippen MR) is 82.4 cm³/mol. The van der Waals surface area contributed by atoms with Crippen molar-refractivity contribution in [2.45, 2.75) is 6.61 Å². The quantitative estimate of drug-likeness (QED) is 0.317. The van der Waals surface area contributed by atoms with Gasteiger partial charge in [-0.1, -0.05) is 17.3 Å². The summed E-state index contributed by atoms with van der Waals surface area (Å²) in [7, 11) is 0. The summed E-state index contributed by atoms with van der Waals surface area (Å²) in [4.78, 5) is 0. The molecule has 0 unspecified atom stereocenters. The molecule has 0 aliphatic heterocycles. The van der Waals surface area contributed by atoms with Gasteiger partial charge in [0.05, 0.1) is 0 Å². The Morgan fingerprint density at radius 3 is 2.71 bits per heavy atom. The van der Waals surface area contributed by atoms with Crippen molar-refractivity contribution in [2.24, 2.45) is 10.9 Å². The normalized spacial score (nSPS) is 11.5. The Bertz CT molecular complexity index is 849. The van der Waals surface area contributed by atoms with E-state index >= 15 is 0 Å². The Morgan fingerprint density at radius 2 is 2.04 bits per heavy atom. The molecule has 3 N–H and O–H groups in total. The summed E-state index contributed by atoms with van der Waals surface area (Å²) in [5, 5.41) is 22.8. The number of hydrogen-bond donors (Lipinski definition) is 2. The summed E-state index contributed by atoms with van der Waals surface area (Å²) in [6.07, 6.45) is 1.40.